The normalized spacial score (nSPS) is 22.1. The van der Waals surface area contributed by atoms with Gasteiger partial charge in [0.2, 0.25) is 0 Å². The Morgan fingerprint density at radius 1 is 0.712 bits per heavy atom. The van der Waals surface area contributed by atoms with Crippen molar-refractivity contribution < 1.29 is 38.0 Å². The molecule has 3 aliphatic rings. The zero-order valence-electron chi connectivity index (χ0n) is 31.9. The highest BCUT2D eigenvalue weighted by Crippen LogP contribution is 2.49. The van der Waals surface area contributed by atoms with Gasteiger partial charge in [-0.3, -0.25) is 4.90 Å². The van der Waals surface area contributed by atoms with Crippen LogP contribution in [-0.4, -0.2) is 140 Å². The molecule has 1 saturated heterocycles. The molecular weight excluding hydrogens is 662 g/mol. The topological polar surface area (TPSA) is 91.4 Å². The van der Waals surface area contributed by atoms with Gasteiger partial charge in [-0.25, -0.2) is 4.79 Å². The maximum atomic E-state index is 14.1. The van der Waals surface area contributed by atoms with E-state index in [0.29, 0.717) is 91.7 Å². The maximum absolute atomic E-state index is 14.1. The molecule has 2 aliphatic carbocycles. The number of hydrogen-bond donors (Lipinski definition) is 0. The van der Waals surface area contributed by atoms with Crippen molar-refractivity contribution in [2.45, 2.75) is 62.6 Å². The molecule has 2 amide bonds. The second-order valence-corrected chi connectivity index (χ2v) is 14.6. The minimum Gasteiger partial charge on any atom is -0.491 e. The van der Waals surface area contributed by atoms with E-state index in [1.54, 1.807) is 7.11 Å². The van der Waals surface area contributed by atoms with Gasteiger partial charge >= 0.3 is 6.03 Å². The number of amides is 2. The van der Waals surface area contributed by atoms with Crippen molar-refractivity contribution >= 4 is 6.03 Å². The summed E-state index contributed by atoms with van der Waals surface area (Å²) in [7, 11) is 6.07. The lowest BCUT2D eigenvalue weighted by Gasteiger charge is -2.51. The molecule has 0 radical (unpaired) electrons. The van der Waals surface area contributed by atoms with Crippen LogP contribution in [0.25, 0.3) is 0 Å². The fourth-order valence-electron chi connectivity index (χ4n) is 7.81. The second kappa shape index (κ2) is 21.2. The van der Waals surface area contributed by atoms with Crippen LogP contribution in [0.2, 0.25) is 0 Å². The molecule has 52 heavy (non-hydrogen) atoms. The molecule has 5 rings (SSSR count). The fourth-order valence-corrected chi connectivity index (χ4v) is 7.81. The molecule has 2 aromatic carbocycles. The Hall–Kier alpha value is -2.77. The smallest absolute Gasteiger partial charge is 0.320 e. The molecular formula is C41H63N3O8. The van der Waals surface area contributed by atoms with Crippen LogP contribution in [0.5, 0.6) is 5.75 Å². The largest absolute Gasteiger partial charge is 0.491 e. The van der Waals surface area contributed by atoms with Gasteiger partial charge in [-0.05, 0) is 81.8 Å². The molecule has 2 saturated carbocycles. The number of rotatable bonds is 25. The summed E-state index contributed by atoms with van der Waals surface area (Å²) in [5.41, 5.74) is 2.36. The molecule has 0 N–H and O–H groups in total. The number of urea groups is 1. The number of carbonyl (C=O) groups is 1. The number of methoxy groups -OCH3 is 1. The minimum atomic E-state index is -0.113. The van der Waals surface area contributed by atoms with Crippen LogP contribution in [0, 0.1) is 5.92 Å². The van der Waals surface area contributed by atoms with Crippen molar-refractivity contribution in [2.24, 2.45) is 5.92 Å². The van der Waals surface area contributed by atoms with E-state index in [1.165, 1.54) is 24.8 Å². The second-order valence-electron chi connectivity index (χ2n) is 14.6. The highest BCUT2D eigenvalue weighted by Gasteiger charge is 2.54. The van der Waals surface area contributed by atoms with Crippen LogP contribution in [0.4, 0.5) is 4.79 Å². The molecule has 1 spiro atoms. The standard InChI is InChI=1S/C41H63N3O8/c1-42(2)41(37-12-5-4-6-13-37)17-15-40(16-18-41)34-43(39(45)44(40)33-35-9-7-10-35)32-36-11-8-14-38(31-36)52-30-29-51-28-27-50-26-25-49-24-23-48-22-21-47-20-19-46-3/h4-6,8,11-14,31,35H,7,9-10,15-30,32-34H2,1-3H3/t40-,41-. The molecule has 0 bridgehead atoms. The minimum absolute atomic E-state index is 0.000522. The predicted molar refractivity (Wildman–Crippen MR) is 201 cm³/mol. The SMILES string of the molecule is COCCOCCOCCOCCOCCOCCOc1cccc(CN2C[C@]3(CC[C@@](c4ccccc4)(N(C)C)CC3)N(CC3CCC3)C2=O)c1. The molecule has 2 aromatic rings. The van der Waals surface area contributed by atoms with Gasteiger partial charge in [-0.15, -0.1) is 0 Å². The van der Waals surface area contributed by atoms with Crippen molar-refractivity contribution in [3.63, 3.8) is 0 Å². The first-order valence-corrected chi connectivity index (χ1v) is 19.3. The van der Waals surface area contributed by atoms with Gasteiger partial charge < -0.3 is 43.0 Å². The van der Waals surface area contributed by atoms with Gasteiger partial charge in [0, 0.05) is 32.3 Å². The molecule has 0 unspecified atom stereocenters. The van der Waals surface area contributed by atoms with E-state index in [2.05, 4.69) is 71.3 Å². The third kappa shape index (κ3) is 11.4. The number of hydrogen-bond acceptors (Lipinski definition) is 9. The summed E-state index contributed by atoms with van der Waals surface area (Å²) in [5.74, 6) is 1.43. The van der Waals surface area contributed by atoms with Crippen molar-refractivity contribution in [1.82, 2.24) is 14.7 Å². The molecule has 0 aromatic heterocycles. The van der Waals surface area contributed by atoms with E-state index in [1.807, 2.05) is 12.1 Å². The third-order valence-electron chi connectivity index (χ3n) is 11.1. The van der Waals surface area contributed by atoms with E-state index >= 15 is 0 Å². The van der Waals surface area contributed by atoms with Crippen LogP contribution >= 0.6 is 0 Å². The molecule has 1 aliphatic heterocycles. The van der Waals surface area contributed by atoms with Crippen LogP contribution in [0.15, 0.2) is 54.6 Å². The summed E-state index contributed by atoms with van der Waals surface area (Å²) in [4.78, 5) is 20.9. The molecule has 290 valence electrons. The zero-order valence-corrected chi connectivity index (χ0v) is 31.9. The molecule has 3 fully saturated rings. The lowest BCUT2D eigenvalue weighted by atomic mass is 9.68. The number of ether oxygens (including phenoxy) is 7. The van der Waals surface area contributed by atoms with Crippen LogP contribution < -0.4 is 4.74 Å². The highest BCUT2D eigenvalue weighted by atomic mass is 16.6. The molecule has 0 atom stereocenters. The lowest BCUT2D eigenvalue weighted by molar-refractivity contribution is -0.0159. The van der Waals surface area contributed by atoms with Crippen LogP contribution in [0.1, 0.15) is 56.1 Å². The monoisotopic (exact) mass is 725 g/mol. The summed E-state index contributed by atoms with van der Waals surface area (Å²) in [5, 5.41) is 0. The van der Waals surface area contributed by atoms with E-state index < -0.39 is 0 Å². The molecule has 1 heterocycles. The quantitative estimate of drug-likeness (QED) is 0.121. The van der Waals surface area contributed by atoms with Gasteiger partial charge in [0.15, 0.2) is 0 Å². The van der Waals surface area contributed by atoms with Crippen LogP contribution in [-0.2, 0) is 40.5 Å². The van der Waals surface area contributed by atoms with E-state index in [4.69, 9.17) is 33.2 Å². The molecule has 11 heteroatoms. The summed E-state index contributed by atoms with van der Waals surface area (Å²) >= 11 is 0. The van der Waals surface area contributed by atoms with Crippen molar-refractivity contribution in [2.75, 3.05) is 114 Å². The Morgan fingerprint density at radius 2 is 1.29 bits per heavy atom. The van der Waals surface area contributed by atoms with Crippen molar-refractivity contribution in [3.8, 4) is 5.75 Å². The number of benzene rings is 2. The molecule has 11 nitrogen and oxygen atoms in total. The van der Waals surface area contributed by atoms with E-state index in [9.17, 15) is 4.79 Å². The first kappa shape index (κ1) is 40.4. The fraction of sp³-hybridized carbons (Fsp3) is 0.683. The number of nitrogens with zero attached hydrogens (tertiary/aromatic N) is 3. The van der Waals surface area contributed by atoms with Crippen molar-refractivity contribution in [3.05, 3.63) is 65.7 Å². The van der Waals surface area contributed by atoms with Gasteiger partial charge in [-0.1, -0.05) is 48.9 Å². The Bertz CT molecular complexity index is 1300. The van der Waals surface area contributed by atoms with Gasteiger partial charge in [0.1, 0.15) is 12.4 Å². The third-order valence-corrected chi connectivity index (χ3v) is 11.1. The summed E-state index contributed by atoms with van der Waals surface area (Å²) in [6.45, 7) is 8.52. The first-order chi connectivity index (χ1) is 25.5. The van der Waals surface area contributed by atoms with Gasteiger partial charge in [-0.2, -0.15) is 0 Å². The first-order valence-electron chi connectivity index (χ1n) is 19.3. The van der Waals surface area contributed by atoms with Gasteiger partial charge in [0.25, 0.3) is 0 Å². The summed E-state index contributed by atoms with van der Waals surface area (Å²) in [6.07, 6.45) is 7.87. The Kier molecular flexibility index (Phi) is 16.5. The van der Waals surface area contributed by atoms with E-state index in [0.717, 1.165) is 50.1 Å². The average Bonchev–Trinajstić information content (AvgIpc) is 3.38. The summed E-state index contributed by atoms with van der Waals surface area (Å²) < 4.78 is 38.6. The maximum Gasteiger partial charge on any atom is 0.320 e. The Labute approximate surface area is 311 Å². The lowest BCUT2D eigenvalue weighted by Crippen LogP contribution is -2.56. The Balaban J connectivity index is 1.000. The summed E-state index contributed by atoms with van der Waals surface area (Å²) in [6, 6.07) is 19.3. The average molecular weight is 726 g/mol. The van der Waals surface area contributed by atoms with Crippen LogP contribution in [0.3, 0.4) is 0 Å². The number of carbonyl (C=O) groups excluding carboxylic acids is 1. The predicted octanol–water partition coefficient (Wildman–Crippen LogP) is 5.60. The van der Waals surface area contributed by atoms with Gasteiger partial charge in [0.05, 0.1) is 78.2 Å². The Morgan fingerprint density at radius 3 is 1.83 bits per heavy atom. The zero-order chi connectivity index (χ0) is 36.5. The highest BCUT2D eigenvalue weighted by molar-refractivity contribution is 5.78. The van der Waals surface area contributed by atoms with Crippen molar-refractivity contribution in [1.29, 1.82) is 0 Å². The van der Waals surface area contributed by atoms with E-state index in [-0.39, 0.29) is 17.1 Å².